The van der Waals surface area contributed by atoms with Crippen molar-refractivity contribution in [1.29, 1.82) is 0 Å². The van der Waals surface area contributed by atoms with Crippen LogP contribution < -0.4 is 10.6 Å². The smallest absolute Gasteiger partial charge is 0.237 e. The molecule has 1 amide bonds. The van der Waals surface area contributed by atoms with Gasteiger partial charge in [-0.1, -0.05) is 6.92 Å². The van der Waals surface area contributed by atoms with Crippen molar-refractivity contribution in [1.82, 2.24) is 20.4 Å². The lowest BCUT2D eigenvalue weighted by atomic mass is 9.92. The molecule has 1 fully saturated rings. The van der Waals surface area contributed by atoms with Crippen LogP contribution in [0, 0.1) is 12.8 Å². The van der Waals surface area contributed by atoms with Crippen LogP contribution in [0.1, 0.15) is 31.0 Å². The third-order valence-corrected chi connectivity index (χ3v) is 3.84. The molecule has 2 N–H and O–H groups in total. The Morgan fingerprint density at radius 2 is 2.44 bits per heavy atom. The molecule has 0 aliphatic carbocycles. The van der Waals surface area contributed by atoms with Crippen molar-refractivity contribution in [3.05, 3.63) is 17.5 Å². The largest absolute Gasteiger partial charge is 0.351 e. The number of amides is 1. The molecule has 0 saturated carbocycles. The van der Waals surface area contributed by atoms with Gasteiger partial charge in [0, 0.05) is 24.8 Å². The molecule has 0 aromatic carbocycles. The Bertz CT molecular complexity index is 427. The molecule has 1 aliphatic rings. The SMILES string of the molecule is Cc1c(CNC(=O)C2NCCCC2C)cnn1C. The molecule has 2 unspecified atom stereocenters. The van der Waals surface area contributed by atoms with Gasteiger partial charge in [-0.05, 0) is 32.2 Å². The van der Waals surface area contributed by atoms with Gasteiger partial charge in [0.25, 0.3) is 0 Å². The van der Waals surface area contributed by atoms with Crippen LogP contribution in [0.3, 0.4) is 0 Å². The quantitative estimate of drug-likeness (QED) is 0.831. The molecule has 2 rings (SSSR count). The molecular formula is C13H22N4O. The van der Waals surface area contributed by atoms with Crippen LogP contribution in [0.25, 0.3) is 0 Å². The van der Waals surface area contributed by atoms with E-state index in [1.54, 1.807) is 0 Å². The maximum atomic E-state index is 12.1. The average Bonchev–Trinajstić information content (AvgIpc) is 2.68. The van der Waals surface area contributed by atoms with Crippen LogP contribution in [0.15, 0.2) is 6.20 Å². The molecule has 1 aromatic heterocycles. The summed E-state index contributed by atoms with van der Waals surface area (Å²) >= 11 is 0. The zero-order valence-corrected chi connectivity index (χ0v) is 11.4. The molecule has 5 nitrogen and oxygen atoms in total. The highest BCUT2D eigenvalue weighted by molar-refractivity contribution is 5.82. The Balaban J connectivity index is 1.90. The number of hydrogen-bond acceptors (Lipinski definition) is 3. The van der Waals surface area contributed by atoms with Gasteiger partial charge in [0.05, 0.1) is 12.2 Å². The lowest BCUT2D eigenvalue weighted by Gasteiger charge is -2.28. The number of carbonyl (C=O) groups excluding carboxylic acids is 1. The van der Waals surface area contributed by atoms with Gasteiger partial charge in [-0.3, -0.25) is 9.48 Å². The fourth-order valence-electron chi connectivity index (χ4n) is 2.41. The standard InChI is InChI=1S/C13H22N4O/c1-9-5-4-6-14-12(9)13(18)15-7-11-8-16-17(3)10(11)2/h8-9,12,14H,4-7H2,1-3H3,(H,15,18). The summed E-state index contributed by atoms with van der Waals surface area (Å²) in [6, 6.07) is -0.0456. The molecule has 18 heavy (non-hydrogen) atoms. The van der Waals surface area contributed by atoms with Crippen LogP contribution >= 0.6 is 0 Å². The van der Waals surface area contributed by atoms with Crippen LogP contribution in [-0.2, 0) is 18.4 Å². The second-order valence-corrected chi connectivity index (χ2v) is 5.15. The van der Waals surface area contributed by atoms with Crippen molar-refractivity contribution in [3.63, 3.8) is 0 Å². The highest BCUT2D eigenvalue weighted by Crippen LogP contribution is 2.15. The van der Waals surface area contributed by atoms with Crippen molar-refractivity contribution >= 4 is 5.91 Å². The number of nitrogens with one attached hydrogen (secondary N) is 2. The van der Waals surface area contributed by atoms with Crippen molar-refractivity contribution in [2.75, 3.05) is 6.54 Å². The van der Waals surface area contributed by atoms with E-state index in [2.05, 4.69) is 22.7 Å². The molecule has 0 bridgehead atoms. The molecular weight excluding hydrogens is 228 g/mol. The number of hydrogen-bond donors (Lipinski definition) is 2. The molecule has 5 heteroatoms. The minimum Gasteiger partial charge on any atom is -0.351 e. The summed E-state index contributed by atoms with van der Waals surface area (Å²) in [5.74, 6) is 0.513. The summed E-state index contributed by atoms with van der Waals surface area (Å²) in [5, 5.41) is 10.5. The lowest BCUT2D eigenvalue weighted by Crippen LogP contribution is -2.50. The highest BCUT2D eigenvalue weighted by atomic mass is 16.2. The fourth-order valence-corrected chi connectivity index (χ4v) is 2.41. The Labute approximate surface area is 108 Å². The Hall–Kier alpha value is -1.36. The second kappa shape index (κ2) is 5.52. The van der Waals surface area contributed by atoms with Gasteiger partial charge in [0.2, 0.25) is 5.91 Å². The predicted molar refractivity (Wildman–Crippen MR) is 70.0 cm³/mol. The normalized spacial score (nSPS) is 23.9. The van der Waals surface area contributed by atoms with Crippen molar-refractivity contribution in [3.8, 4) is 0 Å². The summed E-state index contributed by atoms with van der Waals surface area (Å²) in [6.07, 6.45) is 4.09. The fraction of sp³-hybridized carbons (Fsp3) is 0.692. The number of aromatic nitrogens is 2. The third-order valence-electron chi connectivity index (χ3n) is 3.84. The molecule has 100 valence electrons. The van der Waals surface area contributed by atoms with Crippen molar-refractivity contribution in [2.45, 2.75) is 39.3 Å². The van der Waals surface area contributed by atoms with E-state index in [4.69, 9.17) is 0 Å². The Morgan fingerprint density at radius 3 is 3.06 bits per heavy atom. The van der Waals surface area contributed by atoms with Crippen LogP contribution in [0.2, 0.25) is 0 Å². The average molecular weight is 250 g/mol. The first-order valence-electron chi connectivity index (χ1n) is 6.58. The van der Waals surface area contributed by atoms with Gasteiger partial charge in [-0.2, -0.15) is 5.10 Å². The summed E-state index contributed by atoms with van der Waals surface area (Å²) in [4.78, 5) is 12.1. The van der Waals surface area contributed by atoms with Gasteiger partial charge in [0.15, 0.2) is 0 Å². The van der Waals surface area contributed by atoms with Gasteiger partial charge in [-0.25, -0.2) is 0 Å². The maximum Gasteiger partial charge on any atom is 0.237 e. The molecule has 1 aromatic rings. The lowest BCUT2D eigenvalue weighted by molar-refractivity contribution is -0.125. The first-order valence-corrected chi connectivity index (χ1v) is 6.58. The molecule has 1 saturated heterocycles. The zero-order chi connectivity index (χ0) is 13.1. The second-order valence-electron chi connectivity index (χ2n) is 5.15. The van der Waals surface area contributed by atoms with E-state index in [9.17, 15) is 4.79 Å². The molecule has 1 aliphatic heterocycles. The highest BCUT2D eigenvalue weighted by Gasteiger charge is 2.27. The molecule has 2 heterocycles. The van der Waals surface area contributed by atoms with E-state index < -0.39 is 0 Å². The molecule has 0 spiro atoms. The topological polar surface area (TPSA) is 59.0 Å². The summed E-state index contributed by atoms with van der Waals surface area (Å²) in [7, 11) is 1.91. The van der Waals surface area contributed by atoms with E-state index in [1.165, 1.54) is 0 Å². The van der Waals surface area contributed by atoms with E-state index in [0.717, 1.165) is 30.6 Å². The van der Waals surface area contributed by atoms with Gasteiger partial charge < -0.3 is 10.6 Å². The van der Waals surface area contributed by atoms with Crippen molar-refractivity contribution in [2.24, 2.45) is 13.0 Å². The summed E-state index contributed by atoms with van der Waals surface area (Å²) < 4.78 is 1.82. The zero-order valence-electron chi connectivity index (χ0n) is 11.4. The summed E-state index contributed by atoms with van der Waals surface area (Å²) in [6.45, 7) is 5.64. The first kappa shape index (κ1) is 13.1. The maximum absolute atomic E-state index is 12.1. The van der Waals surface area contributed by atoms with E-state index in [1.807, 2.05) is 24.9 Å². The van der Waals surface area contributed by atoms with E-state index in [-0.39, 0.29) is 11.9 Å². The van der Waals surface area contributed by atoms with E-state index >= 15 is 0 Å². The number of piperidine rings is 1. The molecule has 0 radical (unpaired) electrons. The molecule has 2 atom stereocenters. The minimum absolute atomic E-state index is 0.0456. The number of aryl methyl sites for hydroxylation is 1. The number of carbonyl (C=O) groups is 1. The number of nitrogens with zero attached hydrogens (tertiary/aromatic N) is 2. The van der Waals surface area contributed by atoms with Crippen LogP contribution in [-0.4, -0.2) is 28.3 Å². The minimum atomic E-state index is -0.0456. The third kappa shape index (κ3) is 2.72. The van der Waals surface area contributed by atoms with Crippen LogP contribution in [0.5, 0.6) is 0 Å². The predicted octanol–water partition coefficient (Wildman–Crippen LogP) is 0.733. The Morgan fingerprint density at radius 1 is 1.67 bits per heavy atom. The summed E-state index contributed by atoms with van der Waals surface area (Å²) in [5.41, 5.74) is 2.18. The van der Waals surface area contributed by atoms with Gasteiger partial charge in [0.1, 0.15) is 0 Å². The van der Waals surface area contributed by atoms with Gasteiger partial charge in [-0.15, -0.1) is 0 Å². The monoisotopic (exact) mass is 250 g/mol. The van der Waals surface area contributed by atoms with Crippen LogP contribution in [0.4, 0.5) is 0 Å². The van der Waals surface area contributed by atoms with E-state index in [0.29, 0.717) is 12.5 Å². The van der Waals surface area contributed by atoms with Crippen molar-refractivity contribution < 1.29 is 4.79 Å². The first-order chi connectivity index (χ1) is 8.59. The Kier molecular flexibility index (Phi) is 4.01. The van der Waals surface area contributed by atoms with Gasteiger partial charge >= 0.3 is 0 Å². The number of rotatable bonds is 3.